The second-order valence-electron chi connectivity index (χ2n) is 6.68. The summed E-state index contributed by atoms with van der Waals surface area (Å²) in [6.07, 6.45) is -1.74. The lowest BCUT2D eigenvalue weighted by Gasteiger charge is -2.28. The van der Waals surface area contributed by atoms with E-state index in [2.05, 4.69) is 15.0 Å². The highest BCUT2D eigenvalue weighted by Crippen LogP contribution is 2.29. The second kappa shape index (κ2) is 7.91. The van der Waals surface area contributed by atoms with Gasteiger partial charge in [0.05, 0.1) is 10.8 Å². The van der Waals surface area contributed by atoms with Crippen LogP contribution in [0.25, 0.3) is 0 Å². The van der Waals surface area contributed by atoms with Gasteiger partial charge < -0.3 is 5.32 Å². The predicted octanol–water partition coefficient (Wildman–Crippen LogP) is 2.93. The first-order chi connectivity index (χ1) is 12.0. The fourth-order valence-corrected chi connectivity index (χ4v) is 3.68. The molecule has 1 aromatic rings. The van der Waals surface area contributed by atoms with E-state index in [4.69, 9.17) is 0 Å². The third kappa shape index (κ3) is 5.41. The number of carbonyl (C=O) groups is 1. The zero-order valence-corrected chi connectivity index (χ0v) is 15.3. The molecule has 26 heavy (non-hydrogen) atoms. The summed E-state index contributed by atoms with van der Waals surface area (Å²) in [5.41, 5.74) is -0.881. The molecule has 2 rings (SSSR count). The molecule has 1 saturated carbocycles. The third-order valence-corrected chi connectivity index (χ3v) is 6.29. The summed E-state index contributed by atoms with van der Waals surface area (Å²) in [4.78, 5) is 15.9. The van der Waals surface area contributed by atoms with E-state index < -0.39 is 27.0 Å². The van der Waals surface area contributed by atoms with Crippen LogP contribution in [0, 0.1) is 5.92 Å². The van der Waals surface area contributed by atoms with Gasteiger partial charge in [0.2, 0.25) is 15.9 Å². The van der Waals surface area contributed by atoms with E-state index in [9.17, 15) is 26.4 Å². The van der Waals surface area contributed by atoms with Crippen molar-refractivity contribution in [2.45, 2.75) is 57.0 Å². The van der Waals surface area contributed by atoms with E-state index in [1.54, 1.807) is 13.8 Å². The van der Waals surface area contributed by atoms with Gasteiger partial charge in [0.25, 0.3) is 0 Å². The number of hydrogen-bond donors (Lipinski definition) is 2. The van der Waals surface area contributed by atoms with E-state index >= 15 is 0 Å². The summed E-state index contributed by atoms with van der Waals surface area (Å²) in [6.45, 7) is 3.19. The number of hydrogen-bond acceptors (Lipinski definition) is 4. The monoisotopic (exact) mass is 393 g/mol. The molecule has 0 radical (unpaired) electrons. The lowest BCUT2D eigenvalue weighted by Crippen LogP contribution is -2.42. The van der Waals surface area contributed by atoms with Crippen molar-refractivity contribution in [1.82, 2.24) is 9.71 Å². The van der Waals surface area contributed by atoms with Gasteiger partial charge in [-0.15, -0.1) is 0 Å². The molecule has 1 amide bonds. The minimum atomic E-state index is -4.47. The number of carbonyl (C=O) groups excluding carboxylic acids is 1. The second-order valence-corrected chi connectivity index (χ2v) is 8.95. The molecule has 2 N–H and O–H groups in total. The van der Waals surface area contributed by atoms with Gasteiger partial charge in [-0.05, 0) is 51.7 Å². The molecule has 1 heterocycles. The number of alkyl halides is 3. The summed E-state index contributed by atoms with van der Waals surface area (Å²) in [5, 5.41) is 2.00. The number of nitrogens with one attached hydrogen (secondary N) is 2. The topological polar surface area (TPSA) is 88.2 Å². The molecule has 1 aliphatic carbocycles. The van der Waals surface area contributed by atoms with Crippen molar-refractivity contribution in [3.05, 3.63) is 23.9 Å². The first-order valence-electron chi connectivity index (χ1n) is 8.34. The van der Waals surface area contributed by atoms with Crippen LogP contribution in [-0.4, -0.2) is 30.6 Å². The van der Waals surface area contributed by atoms with Crippen LogP contribution in [0.2, 0.25) is 0 Å². The fraction of sp³-hybridized carbons (Fsp3) is 0.625. The summed E-state index contributed by atoms with van der Waals surface area (Å²) in [5.74, 6) is -0.577. The molecule has 1 aromatic heterocycles. The van der Waals surface area contributed by atoms with Crippen molar-refractivity contribution in [3.63, 3.8) is 0 Å². The summed E-state index contributed by atoms with van der Waals surface area (Å²) in [7, 11) is -3.35. The Morgan fingerprint density at radius 1 is 1.19 bits per heavy atom. The number of halogens is 3. The Kier molecular flexibility index (Phi) is 6.28. The van der Waals surface area contributed by atoms with Gasteiger partial charge in [-0.3, -0.25) is 4.79 Å². The van der Waals surface area contributed by atoms with Crippen LogP contribution in [0.5, 0.6) is 0 Å². The standard InChI is InChI=1S/C16H22F3N3O3S/c1-10(2)26(24,25)22-13-6-3-11(4-7-13)15(23)21-14-8-5-12(9-20-14)16(17,18)19/h5,8-11,13,22H,3-4,6-7H2,1-2H3,(H,20,21,23). The van der Waals surface area contributed by atoms with E-state index in [0.717, 1.165) is 12.1 Å². The largest absolute Gasteiger partial charge is 0.417 e. The number of nitrogens with zero attached hydrogens (tertiary/aromatic N) is 1. The maximum atomic E-state index is 12.5. The van der Waals surface area contributed by atoms with Gasteiger partial charge in [-0.2, -0.15) is 13.2 Å². The van der Waals surface area contributed by atoms with Crippen molar-refractivity contribution < 1.29 is 26.4 Å². The fourth-order valence-electron chi connectivity index (χ4n) is 2.71. The van der Waals surface area contributed by atoms with Crippen LogP contribution < -0.4 is 10.0 Å². The van der Waals surface area contributed by atoms with Crippen molar-refractivity contribution in [2.75, 3.05) is 5.32 Å². The Balaban J connectivity index is 1.87. The molecular formula is C16H22F3N3O3S. The summed E-state index contributed by atoms with van der Waals surface area (Å²) >= 11 is 0. The molecule has 0 saturated heterocycles. The Morgan fingerprint density at radius 2 is 1.81 bits per heavy atom. The molecule has 0 atom stereocenters. The van der Waals surface area contributed by atoms with Crippen LogP contribution in [-0.2, 0) is 21.0 Å². The van der Waals surface area contributed by atoms with E-state index in [1.165, 1.54) is 0 Å². The molecule has 0 bridgehead atoms. The van der Waals surface area contributed by atoms with Crippen molar-refractivity contribution in [3.8, 4) is 0 Å². The van der Waals surface area contributed by atoms with Crippen LogP contribution in [0.4, 0.5) is 19.0 Å². The van der Waals surface area contributed by atoms with Crippen LogP contribution in [0.1, 0.15) is 45.1 Å². The first kappa shape index (κ1) is 20.6. The van der Waals surface area contributed by atoms with Gasteiger partial charge >= 0.3 is 6.18 Å². The Morgan fingerprint density at radius 3 is 2.27 bits per heavy atom. The Labute approximate surface area is 150 Å². The van der Waals surface area contributed by atoms with Gasteiger partial charge in [0.1, 0.15) is 5.82 Å². The molecule has 1 aliphatic rings. The van der Waals surface area contributed by atoms with Crippen LogP contribution in [0.15, 0.2) is 18.3 Å². The first-order valence-corrected chi connectivity index (χ1v) is 9.89. The molecule has 146 valence electrons. The highest BCUT2D eigenvalue weighted by molar-refractivity contribution is 7.90. The smallest absolute Gasteiger partial charge is 0.310 e. The zero-order valence-electron chi connectivity index (χ0n) is 14.5. The highest BCUT2D eigenvalue weighted by Gasteiger charge is 2.32. The number of rotatable bonds is 5. The molecule has 0 spiro atoms. The Hall–Kier alpha value is -1.68. The van der Waals surface area contributed by atoms with Crippen LogP contribution in [0.3, 0.4) is 0 Å². The number of pyridine rings is 1. The average molecular weight is 393 g/mol. The van der Waals surface area contributed by atoms with E-state index in [-0.39, 0.29) is 23.7 Å². The Bertz CT molecular complexity index is 725. The maximum Gasteiger partial charge on any atom is 0.417 e. The average Bonchev–Trinajstić information content (AvgIpc) is 2.54. The molecule has 1 fully saturated rings. The number of aromatic nitrogens is 1. The van der Waals surface area contributed by atoms with Crippen molar-refractivity contribution >= 4 is 21.7 Å². The third-order valence-electron chi connectivity index (χ3n) is 4.39. The van der Waals surface area contributed by atoms with Crippen molar-refractivity contribution in [1.29, 1.82) is 0 Å². The molecule has 10 heteroatoms. The maximum absolute atomic E-state index is 12.5. The lowest BCUT2D eigenvalue weighted by molar-refractivity contribution is -0.137. The molecule has 0 aliphatic heterocycles. The summed E-state index contributed by atoms with van der Waals surface area (Å²) in [6, 6.07) is 1.78. The number of anilines is 1. The quantitative estimate of drug-likeness (QED) is 0.805. The van der Waals surface area contributed by atoms with E-state index in [1.807, 2.05) is 0 Å². The molecular weight excluding hydrogens is 371 g/mol. The number of sulfonamides is 1. The zero-order chi connectivity index (χ0) is 19.5. The molecule has 0 unspecified atom stereocenters. The van der Waals surface area contributed by atoms with Gasteiger partial charge in [-0.25, -0.2) is 18.1 Å². The lowest BCUT2D eigenvalue weighted by atomic mass is 9.86. The van der Waals surface area contributed by atoms with Gasteiger partial charge in [0, 0.05) is 18.2 Å². The van der Waals surface area contributed by atoms with E-state index in [0.29, 0.717) is 31.9 Å². The highest BCUT2D eigenvalue weighted by atomic mass is 32.2. The number of amides is 1. The van der Waals surface area contributed by atoms with Crippen LogP contribution >= 0.6 is 0 Å². The minimum absolute atomic E-state index is 0.0608. The van der Waals surface area contributed by atoms with Gasteiger partial charge in [0.15, 0.2) is 0 Å². The molecule has 0 aromatic carbocycles. The molecule has 6 nitrogen and oxygen atoms in total. The summed E-state index contributed by atoms with van der Waals surface area (Å²) < 4.78 is 63.9. The minimum Gasteiger partial charge on any atom is -0.310 e. The predicted molar refractivity (Wildman–Crippen MR) is 90.8 cm³/mol. The SMILES string of the molecule is CC(C)S(=O)(=O)NC1CCC(C(=O)Nc2ccc(C(F)(F)F)cn2)CC1. The normalized spacial score (nSPS) is 21.6. The van der Waals surface area contributed by atoms with Crippen molar-refractivity contribution in [2.24, 2.45) is 5.92 Å². The van der Waals surface area contributed by atoms with Gasteiger partial charge in [-0.1, -0.05) is 0 Å².